The highest BCUT2D eigenvalue weighted by Crippen LogP contribution is 2.23. The van der Waals surface area contributed by atoms with Crippen molar-refractivity contribution >= 4 is 35.8 Å². The highest BCUT2D eigenvalue weighted by molar-refractivity contribution is 14.0. The summed E-state index contributed by atoms with van der Waals surface area (Å²) >= 11 is 0. The molecule has 2 rings (SSSR count). The summed E-state index contributed by atoms with van der Waals surface area (Å²) in [6.45, 7) is 4.25. The third-order valence-electron chi connectivity index (χ3n) is 4.45. The van der Waals surface area contributed by atoms with E-state index in [-0.39, 0.29) is 24.0 Å². The number of anilines is 1. The van der Waals surface area contributed by atoms with Crippen LogP contribution in [0, 0.1) is 5.92 Å². The smallest absolute Gasteiger partial charge is 0.191 e. The van der Waals surface area contributed by atoms with Gasteiger partial charge in [-0.25, -0.2) is 4.98 Å². The fourth-order valence-electron chi connectivity index (χ4n) is 2.93. The molecule has 0 aliphatic heterocycles. The Hall–Kier alpha value is -1.05. The maximum atomic E-state index is 4.34. The normalized spacial score (nSPS) is 20.8. The third-order valence-corrected chi connectivity index (χ3v) is 4.45. The molecule has 1 aromatic heterocycles. The zero-order chi connectivity index (χ0) is 16.3. The van der Waals surface area contributed by atoms with Crippen molar-refractivity contribution in [2.45, 2.75) is 51.5 Å². The van der Waals surface area contributed by atoms with Gasteiger partial charge in [-0.1, -0.05) is 13.0 Å². The first-order chi connectivity index (χ1) is 11.3. The van der Waals surface area contributed by atoms with Crippen molar-refractivity contribution < 1.29 is 0 Å². The molecule has 3 N–H and O–H groups in total. The van der Waals surface area contributed by atoms with Crippen molar-refractivity contribution in [1.82, 2.24) is 15.6 Å². The summed E-state index contributed by atoms with van der Waals surface area (Å²) in [7, 11) is 1.85. The van der Waals surface area contributed by atoms with Crippen LogP contribution in [0.2, 0.25) is 0 Å². The van der Waals surface area contributed by atoms with Crippen molar-refractivity contribution in [3.8, 4) is 0 Å². The van der Waals surface area contributed by atoms with E-state index < -0.39 is 0 Å². The molecule has 0 aromatic carbocycles. The molecule has 6 heteroatoms. The second-order valence-corrected chi connectivity index (χ2v) is 6.45. The first kappa shape index (κ1) is 21.0. The van der Waals surface area contributed by atoms with E-state index in [4.69, 9.17) is 0 Å². The predicted molar refractivity (Wildman–Crippen MR) is 113 cm³/mol. The molecule has 1 saturated carbocycles. The van der Waals surface area contributed by atoms with Gasteiger partial charge in [0, 0.05) is 32.4 Å². The average Bonchev–Trinajstić information content (AvgIpc) is 2.59. The minimum atomic E-state index is 0. The molecule has 1 heterocycles. The summed E-state index contributed by atoms with van der Waals surface area (Å²) in [4.78, 5) is 8.59. The number of hydrogen-bond acceptors (Lipinski definition) is 3. The maximum Gasteiger partial charge on any atom is 0.191 e. The van der Waals surface area contributed by atoms with Crippen molar-refractivity contribution in [3.63, 3.8) is 0 Å². The largest absolute Gasteiger partial charge is 0.370 e. The van der Waals surface area contributed by atoms with Gasteiger partial charge in [0.15, 0.2) is 5.96 Å². The number of aliphatic imine (C=N–C) groups is 1. The Morgan fingerprint density at radius 3 is 2.58 bits per heavy atom. The maximum absolute atomic E-state index is 4.34. The van der Waals surface area contributed by atoms with Crippen LogP contribution in [0.15, 0.2) is 29.4 Å². The molecule has 1 fully saturated rings. The van der Waals surface area contributed by atoms with Crippen LogP contribution in [-0.2, 0) is 0 Å². The topological polar surface area (TPSA) is 61.3 Å². The summed E-state index contributed by atoms with van der Waals surface area (Å²) in [5.74, 6) is 2.78. The SMILES string of the molecule is CN=C(NCCCCNc1ccccn1)NC1CCC(C)CC1.I. The van der Waals surface area contributed by atoms with Gasteiger partial charge in [0.1, 0.15) is 5.82 Å². The molecule has 0 saturated heterocycles. The van der Waals surface area contributed by atoms with Gasteiger partial charge in [0.25, 0.3) is 0 Å². The molecule has 1 aliphatic carbocycles. The molecular weight excluding hydrogens is 413 g/mol. The lowest BCUT2D eigenvalue weighted by atomic mass is 9.87. The van der Waals surface area contributed by atoms with Gasteiger partial charge in [-0.2, -0.15) is 0 Å². The Morgan fingerprint density at radius 1 is 1.17 bits per heavy atom. The van der Waals surface area contributed by atoms with Gasteiger partial charge >= 0.3 is 0 Å². The highest BCUT2D eigenvalue weighted by atomic mass is 127. The van der Waals surface area contributed by atoms with Gasteiger partial charge in [-0.05, 0) is 56.6 Å². The summed E-state index contributed by atoms with van der Waals surface area (Å²) < 4.78 is 0. The molecule has 1 aliphatic rings. The lowest BCUT2D eigenvalue weighted by Crippen LogP contribution is -2.45. The van der Waals surface area contributed by atoms with E-state index in [0.717, 1.165) is 43.6 Å². The van der Waals surface area contributed by atoms with E-state index in [9.17, 15) is 0 Å². The van der Waals surface area contributed by atoms with Gasteiger partial charge < -0.3 is 16.0 Å². The van der Waals surface area contributed by atoms with Crippen LogP contribution in [0.3, 0.4) is 0 Å². The molecule has 1 aromatic rings. The fourth-order valence-corrected chi connectivity index (χ4v) is 2.93. The molecule has 0 amide bonds. The number of aromatic nitrogens is 1. The molecule has 136 valence electrons. The number of halogens is 1. The molecule has 24 heavy (non-hydrogen) atoms. The van der Waals surface area contributed by atoms with Crippen LogP contribution in [0.1, 0.15) is 45.4 Å². The van der Waals surface area contributed by atoms with Gasteiger partial charge in [0.05, 0.1) is 0 Å². The van der Waals surface area contributed by atoms with Crippen molar-refractivity contribution in [2.75, 3.05) is 25.5 Å². The van der Waals surface area contributed by atoms with Crippen LogP contribution >= 0.6 is 24.0 Å². The summed E-state index contributed by atoms with van der Waals surface area (Å²) in [6.07, 6.45) is 9.21. The van der Waals surface area contributed by atoms with Gasteiger partial charge in [0.2, 0.25) is 0 Å². The molecular formula is C18H32IN5. The van der Waals surface area contributed by atoms with Gasteiger partial charge in [-0.3, -0.25) is 4.99 Å². The molecule has 5 nitrogen and oxygen atoms in total. The van der Waals surface area contributed by atoms with Crippen molar-refractivity contribution in [2.24, 2.45) is 10.9 Å². The van der Waals surface area contributed by atoms with Gasteiger partial charge in [-0.15, -0.1) is 24.0 Å². The lowest BCUT2D eigenvalue weighted by Gasteiger charge is -2.28. The van der Waals surface area contributed by atoms with E-state index in [0.29, 0.717) is 6.04 Å². The molecule has 0 unspecified atom stereocenters. The first-order valence-electron chi connectivity index (χ1n) is 8.90. The first-order valence-corrected chi connectivity index (χ1v) is 8.90. The van der Waals surface area contributed by atoms with Crippen LogP contribution in [-0.4, -0.2) is 37.1 Å². The lowest BCUT2D eigenvalue weighted by molar-refractivity contribution is 0.329. The minimum absolute atomic E-state index is 0. The third kappa shape index (κ3) is 8.17. The van der Waals surface area contributed by atoms with Crippen molar-refractivity contribution in [3.05, 3.63) is 24.4 Å². The number of pyridine rings is 1. The molecule has 0 atom stereocenters. The Morgan fingerprint density at radius 2 is 1.92 bits per heavy atom. The number of nitrogens with one attached hydrogen (secondary N) is 3. The van der Waals surface area contributed by atoms with Crippen LogP contribution in [0.25, 0.3) is 0 Å². The zero-order valence-electron chi connectivity index (χ0n) is 14.9. The Kier molecular flexibility index (Phi) is 10.8. The number of rotatable bonds is 7. The quantitative estimate of drug-likeness (QED) is 0.260. The second kappa shape index (κ2) is 12.3. The Bertz CT molecular complexity index is 458. The van der Waals surface area contributed by atoms with E-state index in [2.05, 4.69) is 32.9 Å². The van der Waals surface area contributed by atoms with Crippen molar-refractivity contribution in [1.29, 1.82) is 0 Å². The van der Waals surface area contributed by atoms with E-state index >= 15 is 0 Å². The predicted octanol–water partition coefficient (Wildman–Crippen LogP) is 3.64. The van der Waals surface area contributed by atoms with E-state index in [1.807, 2.05) is 31.4 Å². The summed E-state index contributed by atoms with van der Waals surface area (Å²) in [6, 6.07) is 6.51. The summed E-state index contributed by atoms with van der Waals surface area (Å²) in [5, 5.41) is 10.3. The molecule has 0 spiro atoms. The monoisotopic (exact) mass is 445 g/mol. The van der Waals surface area contributed by atoms with E-state index in [1.54, 1.807) is 0 Å². The van der Waals surface area contributed by atoms with E-state index in [1.165, 1.54) is 25.7 Å². The number of guanidine groups is 1. The fraction of sp³-hybridized carbons (Fsp3) is 0.667. The second-order valence-electron chi connectivity index (χ2n) is 6.45. The van der Waals surface area contributed by atoms with Crippen LogP contribution in [0.4, 0.5) is 5.82 Å². The van der Waals surface area contributed by atoms with Crippen LogP contribution in [0.5, 0.6) is 0 Å². The van der Waals surface area contributed by atoms with Crippen LogP contribution < -0.4 is 16.0 Å². The minimum Gasteiger partial charge on any atom is -0.370 e. The average molecular weight is 445 g/mol. The highest BCUT2D eigenvalue weighted by Gasteiger charge is 2.18. The summed E-state index contributed by atoms with van der Waals surface area (Å²) in [5.41, 5.74) is 0. The zero-order valence-corrected chi connectivity index (χ0v) is 17.3. The standard InChI is InChI=1S/C18H31N5.HI/c1-15-8-10-16(11-9-15)23-18(19-2)22-14-6-5-13-21-17-7-3-4-12-20-17;/h3-4,7,12,15-16H,5-6,8-11,13-14H2,1-2H3,(H,20,21)(H2,19,22,23);1H. The Labute approximate surface area is 163 Å². The number of unbranched alkanes of at least 4 members (excludes halogenated alkanes) is 1. The molecule has 0 radical (unpaired) electrons. The number of hydrogen-bond donors (Lipinski definition) is 3. The molecule has 0 bridgehead atoms. The number of nitrogens with zero attached hydrogens (tertiary/aromatic N) is 2. The Balaban J connectivity index is 0.00000288.